The number of nitrogens with zero attached hydrogens (tertiary/aromatic N) is 3. The predicted molar refractivity (Wildman–Crippen MR) is 74.3 cm³/mol. The molecule has 8 heteroatoms. The topological polar surface area (TPSA) is 97.3 Å². The number of amides is 1. The molecule has 0 atom stereocenters. The van der Waals surface area contributed by atoms with Crippen molar-refractivity contribution >= 4 is 16.9 Å². The van der Waals surface area contributed by atoms with E-state index in [2.05, 4.69) is 9.97 Å². The van der Waals surface area contributed by atoms with Gasteiger partial charge in [0, 0.05) is 20.1 Å². The first-order chi connectivity index (χ1) is 10.1. The highest BCUT2D eigenvalue weighted by Gasteiger charge is 2.20. The molecule has 2 aromatic heterocycles. The molecular formula is C13H14N4O4. The number of hydrogen-bond donors (Lipinski definition) is 1. The molecule has 8 nitrogen and oxygen atoms in total. The van der Waals surface area contributed by atoms with Gasteiger partial charge >= 0.3 is 5.69 Å². The molecule has 1 saturated heterocycles. The van der Waals surface area contributed by atoms with Crippen LogP contribution >= 0.6 is 0 Å². The minimum atomic E-state index is -0.559. The van der Waals surface area contributed by atoms with E-state index in [1.54, 1.807) is 4.90 Å². The van der Waals surface area contributed by atoms with Gasteiger partial charge < -0.3 is 9.64 Å². The van der Waals surface area contributed by atoms with Crippen LogP contribution in [0.4, 0.5) is 0 Å². The number of carbonyl (C=O) groups is 1. The van der Waals surface area contributed by atoms with Gasteiger partial charge in [0.15, 0.2) is 0 Å². The minimum Gasteiger partial charge on any atom is -0.378 e. The monoisotopic (exact) mass is 290 g/mol. The number of fused-ring (bicyclic) bond motifs is 1. The number of carbonyl (C=O) groups excluding carboxylic acids is 1. The van der Waals surface area contributed by atoms with Crippen LogP contribution in [0, 0.1) is 0 Å². The van der Waals surface area contributed by atoms with Crippen molar-refractivity contribution in [2.75, 3.05) is 26.3 Å². The lowest BCUT2D eigenvalue weighted by Crippen LogP contribution is -2.41. The fraction of sp³-hybridized carbons (Fsp3) is 0.385. The molecule has 1 aliphatic rings. The third kappa shape index (κ3) is 2.33. The summed E-state index contributed by atoms with van der Waals surface area (Å²) in [7, 11) is 1.50. The summed E-state index contributed by atoms with van der Waals surface area (Å²) in [6, 6.07) is 3.01. The maximum Gasteiger partial charge on any atom is 0.329 e. The van der Waals surface area contributed by atoms with E-state index in [9.17, 15) is 14.4 Å². The van der Waals surface area contributed by atoms with Gasteiger partial charge in [-0.15, -0.1) is 0 Å². The average molecular weight is 290 g/mol. The number of rotatable bonds is 1. The van der Waals surface area contributed by atoms with Crippen LogP contribution < -0.4 is 11.2 Å². The van der Waals surface area contributed by atoms with Gasteiger partial charge in [-0.3, -0.25) is 19.1 Å². The van der Waals surface area contributed by atoms with Gasteiger partial charge in [-0.2, -0.15) is 0 Å². The second-order valence-electron chi connectivity index (χ2n) is 4.79. The van der Waals surface area contributed by atoms with Crippen molar-refractivity contribution in [1.82, 2.24) is 19.4 Å². The first kappa shape index (κ1) is 13.5. The van der Waals surface area contributed by atoms with Crippen molar-refractivity contribution in [3.63, 3.8) is 0 Å². The molecule has 3 rings (SSSR count). The second-order valence-corrected chi connectivity index (χ2v) is 4.79. The Kier molecular flexibility index (Phi) is 3.30. The smallest absolute Gasteiger partial charge is 0.329 e. The predicted octanol–water partition coefficient (Wildman–Crippen LogP) is -0.906. The third-order valence-electron chi connectivity index (χ3n) is 3.48. The second kappa shape index (κ2) is 5.13. The number of pyridine rings is 1. The SMILES string of the molecule is Cn1c(=O)[nH]c(=O)c2ccc(C(=O)N3CCOCC3)nc21. The van der Waals surface area contributed by atoms with Crippen LogP contribution in [0.1, 0.15) is 10.5 Å². The summed E-state index contributed by atoms with van der Waals surface area (Å²) in [5.74, 6) is -0.229. The van der Waals surface area contributed by atoms with Crippen LogP contribution in [-0.4, -0.2) is 51.6 Å². The summed E-state index contributed by atoms with van der Waals surface area (Å²) < 4.78 is 6.42. The quantitative estimate of drug-likeness (QED) is 0.733. The third-order valence-corrected chi connectivity index (χ3v) is 3.48. The van der Waals surface area contributed by atoms with Gasteiger partial charge in [-0.25, -0.2) is 9.78 Å². The number of nitrogens with one attached hydrogen (secondary N) is 1. The van der Waals surface area contributed by atoms with Crippen LogP contribution in [-0.2, 0) is 11.8 Å². The fourth-order valence-corrected chi connectivity index (χ4v) is 2.27. The van der Waals surface area contributed by atoms with Crippen LogP contribution in [0.3, 0.4) is 0 Å². The average Bonchev–Trinajstić information content (AvgIpc) is 2.52. The van der Waals surface area contributed by atoms with Gasteiger partial charge in [0.2, 0.25) is 0 Å². The molecule has 21 heavy (non-hydrogen) atoms. The number of hydrogen-bond acceptors (Lipinski definition) is 5. The number of ether oxygens (including phenoxy) is 1. The molecule has 3 heterocycles. The number of aromatic nitrogens is 3. The summed E-state index contributed by atoms with van der Waals surface area (Å²) >= 11 is 0. The standard InChI is InChI=1S/C13H14N4O4/c1-16-10-8(11(18)15-13(16)20)2-3-9(14-10)12(19)17-4-6-21-7-5-17/h2-3H,4-7H2,1H3,(H,15,18,20). The van der Waals surface area contributed by atoms with Crippen molar-refractivity contribution in [3.8, 4) is 0 Å². The molecule has 0 spiro atoms. The zero-order valence-electron chi connectivity index (χ0n) is 11.5. The van der Waals surface area contributed by atoms with Crippen molar-refractivity contribution in [2.45, 2.75) is 0 Å². The van der Waals surface area contributed by atoms with E-state index < -0.39 is 11.2 Å². The van der Waals surface area contributed by atoms with E-state index >= 15 is 0 Å². The van der Waals surface area contributed by atoms with Crippen molar-refractivity contribution < 1.29 is 9.53 Å². The zero-order valence-corrected chi connectivity index (χ0v) is 11.5. The molecular weight excluding hydrogens is 276 g/mol. The van der Waals surface area contributed by atoms with Crippen LogP contribution in [0.15, 0.2) is 21.7 Å². The summed E-state index contributed by atoms with van der Waals surface area (Å²) in [5, 5.41) is 0.274. The molecule has 0 radical (unpaired) electrons. The maximum atomic E-state index is 12.4. The van der Waals surface area contributed by atoms with E-state index in [0.717, 1.165) is 0 Å². The Morgan fingerprint density at radius 2 is 2.00 bits per heavy atom. The van der Waals surface area contributed by atoms with Gasteiger partial charge in [-0.1, -0.05) is 0 Å². The first-order valence-electron chi connectivity index (χ1n) is 6.55. The van der Waals surface area contributed by atoms with E-state index in [4.69, 9.17) is 4.74 Å². The first-order valence-corrected chi connectivity index (χ1v) is 6.55. The Labute approximate surface area is 119 Å². The fourth-order valence-electron chi connectivity index (χ4n) is 2.27. The number of aromatic amines is 1. The Balaban J connectivity index is 2.08. The van der Waals surface area contributed by atoms with E-state index in [-0.39, 0.29) is 22.6 Å². The molecule has 0 saturated carbocycles. The van der Waals surface area contributed by atoms with E-state index in [1.807, 2.05) is 0 Å². The molecule has 0 aromatic carbocycles. The van der Waals surface area contributed by atoms with E-state index in [0.29, 0.717) is 26.3 Å². The number of morpholine rings is 1. The van der Waals surface area contributed by atoms with Crippen molar-refractivity contribution in [1.29, 1.82) is 0 Å². The van der Waals surface area contributed by atoms with Crippen LogP contribution in [0.5, 0.6) is 0 Å². The lowest BCUT2D eigenvalue weighted by Gasteiger charge is -2.26. The molecule has 2 aromatic rings. The summed E-state index contributed by atoms with van der Waals surface area (Å²) in [5.41, 5.74) is -0.658. The Bertz CT molecular complexity index is 817. The highest BCUT2D eigenvalue weighted by atomic mass is 16.5. The van der Waals surface area contributed by atoms with Gasteiger partial charge in [-0.05, 0) is 12.1 Å². The van der Waals surface area contributed by atoms with Crippen molar-refractivity contribution in [3.05, 3.63) is 38.7 Å². The molecule has 1 N–H and O–H groups in total. The van der Waals surface area contributed by atoms with Crippen LogP contribution in [0.25, 0.3) is 11.0 Å². The van der Waals surface area contributed by atoms with Gasteiger partial charge in [0.25, 0.3) is 11.5 Å². The normalized spacial score (nSPS) is 15.4. The Hall–Kier alpha value is -2.48. The molecule has 1 amide bonds. The number of H-pyrrole nitrogens is 1. The Morgan fingerprint density at radius 1 is 1.29 bits per heavy atom. The maximum absolute atomic E-state index is 12.4. The molecule has 0 aliphatic carbocycles. The minimum absolute atomic E-state index is 0.197. The zero-order chi connectivity index (χ0) is 15.0. The molecule has 0 bridgehead atoms. The highest BCUT2D eigenvalue weighted by molar-refractivity contribution is 5.94. The van der Waals surface area contributed by atoms with Crippen LogP contribution in [0.2, 0.25) is 0 Å². The lowest BCUT2D eigenvalue weighted by atomic mass is 10.2. The van der Waals surface area contributed by atoms with Gasteiger partial charge in [0.05, 0.1) is 18.6 Å². The van der Waals surface area contributed by atoms with Gasteiger partial charge in [0.1, 0.15) is 11.3 Å². The Morgan fingerprint density at radius 3 is 2.71 bits per heavy atom. The summed E-state index contributed by atoms with van der Waals surface area (Å²) in [4.78, 5) is 43.7. The largest absolute Gasteiger partial charge is 0.378 e. The summed E-state index contributed by atoms with van der Waals surface area (Å²) in [6.07, 6.45) is 0. The number of aryl methyl sites for hydroxylation is 1. The highest BCUT2D eigenvalue weighted by Crippen LogP contribution is 2.09. The molecule has 1 fully saturated rings. The molecule has 1 aliphatic heterocycles. The summed E-state index contributed by atoms with van der Waals surface area (Å²) in [6.45, 7) is 2.01. The van der Waals surface area contributed by atoms with E-state index in [1.165, 1.54) is 23.7 Å². The molecule has 110 valence electrons. The van der Waals surface area contributed by atoms with Crippen molar-refractivity contribution in [2.24, 2.45) is 7.05 Å². The lowest BCUT2D eigenvalue weighted by molar-refractivity contribution is 0.0299. The molecule has 0 unspecified atom stereocenters.